The zero-order chi connectivity index (χ0) is 21.2. The molecule has 4 nitrogen and oxygen atoms in total. The molecule has 7 rings (SSSR count). The SMILES string of the molecule is Cc1cc(C)n2c1C=C1c3cc4c(cc3C=[N+]1[B]2)C1=Cc2c(C)cc(C)n2B(F)[N+]1=C4. The zero-order valence-electron chi connectivity index (χ0n) is 17.9. The van der Waals surface area contributed by atoms with Gasteiger partial charge in [-0.05, 0) is 63.1 Å². The highest BCUT2D eigenvalue weighted by atomic mass is 19.1. The predicted molar refractivity (Wildman–Crippen MR) is 124 cm³/mol. The molecule has 4 aliphatic heterocycles. The number of hydrogen-bond donors (Lipinski definition) is 0. The van der Waals surface area contributed by atoms with Crippen molar-refractivity contribution in [2.75, 3.05) is 0 Å². The Balaban J connectivity index is 1.41. The number of hydrogen-bond acceptors (Lipinski definition) is 0. The van der Waals surface area contributed by atoms with E-state index >= 15 is 4.32 Å². The van der Waals surface area contributed by atoms with Crippen LogP contribution in [0.15, 0.2) is 24.3 Å². The summed E-state index contributed by atoms with van der Waals surface area (Å²) in [4.78, 5) is 0. The average Bonchev–Trinajstić information content (AvgIpc) is 3.43. The van der Waals surface area contributed by atoms with E-state index in [2.05, 4.69) is 73.0 Å². The van der Waals surface area contributed by atoms with Crippen LogP contribution in [0.1, 0.15) is 56.2 Å². The van der Waals surface area contributed by atoms with Gasteiger partial charge in [0.2, 0.25) is 0 Å². The third-order valence-electron chi connectivity index (χ3n) is 7.05. The van der Waals surface area contributed by atoms with Crippen molar-refractivity contribution in [2.24, 2.45) is 0 Å². The van der Waals surface area contributed by atoms with Gasteiger partial charge in [-0.2, -0.15) is 0 Å². The molecule has 1 radical (unpaired) electrons. The van der Waals surface area contributed by atoms with Crippen LogP contribution in [0.25, 0.3) is 23.5 Å². The third kappa shape index (κ3) is 2.06. The van der Waals surface area contributed by atoms with Crippen molar-refractivity contribution in [2.45, 2.75) is 27.7 Å². The molecule has 147 valence electrons. The van der Waals surface area contributed by atoms with E-state index in [9.17, 15) is 0 Å². The topological polar surface area (TPSA) is 15.9 Å². The molecule has 0 unspecified atom stereocenters. The highest BCUT2D eigenvalue weighted by molar-refractivity contribution is 6.44. The summed E-state index contributed by atoms with van der Waals surface area (Å²) in [6, 6.07) is 8.69. The van der Waals surface area contributed by atoms with Crippen molar-refractivity contribution >= 4 is 50.8 Å². The van der Waals surface area contributed by atoms with Crippen LogP contribution in [-0.4, -0.2) is 45.2 Å². The molecule has 1 aromatic carbocycles. The normalized spacial score (nSPS) is 16.9. The van der Waals surface area contributed by atoms with Gasteiger partial charge in [-0.1, -0.05) is 0 Å². The Hall–Kier alpha value is -3.34. The molecule has 6 heterocycles. The van der Waals surface area contributed by atoms with Gasteiger partial charge in [-0.3, -0.25) is 8.96 Å². The summed E-state index contributed by atoms with van der Waals surface area (Å²) >= 11 is 0. The minimum absolute atomic E-state index is 0.938. The number of aryl methyl sites for hydroxylation is 4. The second-order valence-electron chi connectivity index (χ2n) is 9.03. The van der Waals surface area contributed by atoms with Crippen LogP contribution in [0.5, 0.6) is 0 Å². The Kier molecular flexibility index (Phi) is 3.06. The molecular formula is C24H20B2FN4+2. The van der Waals surface area contributed by atoms with Crippen LogP contribution < -0.4 is 0 Å². The Morgan fingerprint density at radius 2 is 1.45 bits per heavy atom. The van der Waals surface area contributed by atoms with Crippen molar-refractivity contribution in [1.82, 2.24) is 8.96 Å². The minimum atomic E-state index is -1.22. The summed E-state index contributed by atoms with van der Waals surface area (Å²) in [5.41, 5.74) is 13.4. The smallest absolute Gasteiger partial charge is 0.323 e. The molecule has 0 spiro atoms. The van der Waals surface area contributed by atoms with Crippen LogP contribution >= 0.6 is 0 Å². The number of halogens is 1. The Morgan fingerprint density at radius 1 is 0.806 bits per heavy atom. The zero-order valence-corrected chi connectivity index (χ0v) is 17.9. The summed E-state index contributed by atoms with van der Waals surface area (Å²) in [6.07, 6.45) is 8.52. The Morgan fingerprint density at radius 3 is 2.26 bits per heavy atom. The standard InChI is InChI=1S/C24H20B2FN4/c1-13-5-15(3)30-21(13)9-23-19-8-18-12-29-24(20(18)7-17(19)11-28(23)25-30)10-22-14(2)6-16(4)31(22)26(29)27/h5-12H,1-4H3/q+2. The lowest BCUT2D eigenvalue weighted by molar-refractivity contribution is -0.282. The molecule has 0 aliphatic carbocycles. The first-order valence-electron chi connectivity index (χ1n) is 10.7. The number of fused-ring (bicyclic) bond motifs is 8. The maximum atomic E-state index is 15.5. The maximum absolute atomic E-state index is 15.5. The van der Waals surface area contributed by atoms with E-state index in [0.29, 0.717) is 0 Å². The fourth-order valence-corrected chi connectivity index (χ4v) is 5.57. The quantitative estimate of drug-likeness (QED) is 0.509. The lowest BCUT2D eigenvalue weighted by atomic mass is 9.93. The molecule has 31 heavy (non-hydrogen) atoms. The molecule has 3 aromatic rings. The monoisotopic (exact) mass is 405 g/mol. The summed E-state index contributed by atoms with van der Waals surface area (Å²) in [7, 11) is 0.938. The molecular weight excluding hydrogens is 385 g/mol. The third-order valence-corrected chi connectivity index (χ3v) is 7.05. The van der Waals surface area contributed by atoms with Crippen molar-refractivity contribution in [1.29, 1.82) is 0 Å². The lowest BCUT2D eigenvalue weighted by Gasteiger charge is -2.14. The molecule has 0 fully saturated rings. The van der Waals surface area contributed by atoms with Gasteiger partial charge in [0.05, 0.1) is 22.3 Å². The van der Waals surface area contributed by atoms with Gasteiger partial charge in [0, 0.05) is 34.9 Å². The van der Waals surface area contributed by atoms with Crippen LogP contribution in [0.4, 0.5) is 4.32 Å². The number of rotatable bonds is 0. The molecule has 7 heteroatoms. The lowest BCUT2D eigenvalue weighted by Crippen LogP contribution is -2.36. The van der Waals surface area contributed by atoms with E-state index in [4.69, 9.17) is 0 Å². The molecule has 0 atom stereocenters. The van der Waals surface area contributed by atoms with E-state index in [1.807, 2.05) is 20.1 Å². The van der Waals surface area contributed by atoms with E-state index < -0.39 is 7.26 Å². The summed E-state index contributed by atoms with van der Waals surface area (Å²) < 4.78 is 23.5. The fourth-order valence-electron chi connectivity index (χ4n) is 5.57. The first kappa shape index (κ1) is 17.4. The highest BCUT2D eigenvalue weighted by Crippen LogP contribution is 2.39. The van der Waals surface area contributed by atoms with Crippen LogP contribution in [0, 0.1) is 27.7 Å². The van der Waals surface area contributed by atoms with Crippen LogP contribution in [-0.2, 0) is 0 Å². The van der Waals surface area contributed by atoms with Crippen molar-refractivity contribution < 1.29 is 13.3 Å². The van der Waals surface area contributed by atoms with Gasteiger partial charge < -0.3 is 4.48 Å². The van der Waals surface area contributed by atoms with Gasteiger partial charge in [-0.15, -0.1) is 0 Å². The van der Waals surface area contributed by atoms with Crippen molar-refractivity contribution in [3.63, 3.8) is 0 Å². The molecule has 0 saturated heterocycles. The summed E-state index contributed by atoms with van der Waals surface area (Å²) in [6.45, 7) is 8.30. The molecule has 0 N–H and O–H groups in total. The maximum Gasteiger partial charge on any atom is 0.846 e. The second kappa shape index (κ2) is 5.47. The van der Waals surface area contributed by atoms with Gasteiger partial charge in [0.1, 0.15) is 0 Å². The highest BCUT2D eigenvalue weighted by Gasteiger charge is 2.49. The van der Waals surface area contributed by atoms with E-state index in [1.165, 1.54) is 33.8 Å². The first-order chi connectivity index (χ1) is 14.9. The minimum Gasteiger partial charge on any atom is -0.323 e. The Labute approximate surface area is 181 Å². The van der Waals surface area contributed by atoms with Crippen molar-refractivity contribution in [3.05, 3.63) is 80.4 Å². The van der Waals surface area contributed by atoms with Gasteiger partial charge in [0.15, 0.2) is 23.8 Å². The molecule has 4 aliphatic rings. The van der Waals surface area contributed by atoms with Gasteiger partial charge >= 0.3 is 14.8 Å². The fraction of sp³-hybridized carbons (Fsp3) is 0.167. The molecule has 2 aromatic heterocycles. The number of benzene rings is 1. The van der Waals surface area contributed by atoms with E-state index in [1.54, 1.807) is 8.96 Å². The van der Waals surface area contributed by atoms with Gasteiger partial charge in [-0.25, -0.2) is 8.80 Å². The first-order valence-corrected chi connectivity index (χ1v) is 10.7. The van der Waals surface area contributed by atoms with Crippen LogP contribution in [0.3, 0.4) is 0 Å². The number of nitrogens with zero attached hydrogens (tertiary/aromatic N) is 4. The molecule has 0 saturated carbocycles. The Bertz CT molecular complexity index is 1510. The average molecular weight is 405 g/mol. The summed E-state index contributed by atoms with van der Waals surface area (Å²) in [5.74, 6) is 0. The largest absolute Gasteiger partial charge is 0.846 e. The van der Waals surface area contributed by atoms with Crippen LogP contribution in [0.2, 0.25) is 0 Å². The summed E-state index contributed by atoms with van der Waals surface area (Å²) in [5, 5.41) is 0. The van der Waals surface area contributed by atoms with Gasteiger partial charge in [0.25, 0.3) is 0 Å². The molecule has 0 bridgehead atoms. The van der Waals surface area contributed by atoms with E-state index in [-0.39, 0.29) is 0 Å². The van der Waals surface area contributed by atoms with Crippen molar-refractivity contribution in [3.8, 4) is 0 Å². The number of aromatic nitrogens is 2. The second-order valence-corrected chi connectivity index (χ2v) is 9.03. The predicted octanol–water partition coefficient (Wildman–Crippen LogP) is 3.62. The van der Waals surface area contributed by atoms with E-state index in [0.717, 1.165) is 33.8 Å². The molecule has 0 amide bonds.